The van der Waals surface area contributed by atoms with Crippen molar-refractivity contribution in [3.63, 3.8) is 0 Å². The molecule has 0 aliphatic rings. The van der Waals surface area contributed by atoms with E-state index in [-0.39, 0.29) is 0 Å². The monoisotopic (exact) mass is 260 g/mol. The van der Waals surface area contributed by atoms with Gasteiger partial charge in [-0.1, -0.05) is 0 Å². The van der Waals surface area contributed by atoms with Crippen molar-refractivity contribution in [1.82, 2.24) is 4.98 Å². The van der Waals surface area contributed by atoms with Crippen LogP contribution in [0.4, 0.5) is 0 Å². The highest BCUT2D eigenvalue weighted by Gasteiger charge is 2.05. The maximum absolute atomic E-state index is 5.68. The van der Waals surface area contributed by atoms with Crippen LogP contribution in [0.5, 0.6) is 23.1 Å². The zero-order valence-corrected chi connectivity index (χ0v) is 10.9. The lowest BCUT2D eigenvalue weighted by Crippen LogP contribution is -1.97. The van der Waals surface area contributed by atoms with Crippen molar-refractivity contribution < 1.29 is 14.2 Å². The molecule has 2 aromatic rings. The van der Waals surface area contributed by atoms with E-state index in [0.29, 0.717) is 29.7 Å². The first-order valence-corrected chi connectivity index (χ1v) is 5.81. The van der Waals surface area contributed by atoms with Crippen LogP contribution in [-0.2, 0) is 6.54 Å². The number of benzene rings is 1. The summed E-state index contributed by atoms with van der Waals surface area (Å²) < 4.78 is 16.0. The Kier molecular flexibility index (Phi) is 4.20. The quantitative estimate of drug-likeness (QED) is 0.893. The SMILES string of the molecule is COc1cc(OC)cc(Oc2cc(CN)ccn2)c1. The van der Waals surface area contributed by atoms with Crippen molar-refractivity contribution in [1.29, 1.82) is 0 Å². The molecule has 0 fully saturated rings. The average Bonchev–Trinajstić information content (AvgIpc) is 2.47. The van der Waals surface area contributed by atoms with Crippen LogP contribution in [0.25, 0.3) is 0 Å². The number of rotatable bonds is 5. The molecule has 100 valence electrons. The number of hydrogen-bond donors (Lipinski definition) is 1. The summed E-state index contributed by atoms with van der Waals surface area (Å²) in [6.07, 6.45) is 1.66. The molecule has 1 heterocycles. The summed E-state index contributed by atoms with van der Waals surface area (Å²) in [5, 5.41) is 0. The van der Waals surface area contributed by atoms with Crippen LogP contribution in [0.3, 0.4) is 0 Å². The highest BCUT2D eigenvalue weighted by Crippen LogP contribution is 2.30. The molecule has 0 unspecified atom stereocenters. The number of nitrogens with two attached hydrogens (primary N) is 1. The van der Waals surface area contributed by atoms with Crippen molar-refractivity contribution in [3.05, 3.63) is 42.1 Å². The van der Waals surface area contributed by atoms with Crippen LogP contribution in [0.15, 0.2) is 36.5 Å². The van der Waals surface area contributed by atoms with E-state index < -0.39 is 0 Å². The minimum atomic E-state index is 0.445. The Balaban J connectivity index is 2.26. The third kappa shape index (κ3) is 3.35. The molecule has 0 bridgehead atoms. The van der Waals surface area contributed by atoms with E-state index in [0.717, 1.165) is 5.56 Å². The van der Waals surface area contributed by atoms with Crippen molar-refractivity contribution in [3.8, 4) is 23.1 Å². The van der Waals surface area contributed by atoms with Gasteiger partial charge >= 0.3 is 0 Å². The molecule has 1 aromatic heterocycles. The van der Waals surface area contributed by atoms with Gasteiger partial charge in [0, 0.05) is 37.0 Å². The summed E-state index contributed by atoms with van der Waals surface area (Å²) in [5.41, 5.74) is 6.54. The van der Waals surface area contributed by atoms with Gasteiger partial charge < -0.3 is 19.9 Å². The highest BCUT2D eigenvalue weighted by molar-refractivity contribution is 5.43. The Bertz CT molecular complexity index is 536. The molecule has 19 heavy (non-hydrogen) atoms. The fraction of sp³-hybridized carbons (Fsp3) is 0.214. The summed E-state index contributed by atoms with van der Waals surface area (Å²) >= 11 is 0. The fourth-order valence-corrected chi connectivity index (χ4v) is 1.59. The minimum absolute atomic E-state index is 0.445. The second kappa shape index (κ2) is 6.06. The second-order valence-electron chi connectivity index (χ2n) is 3.86. The van der Waals surface area contributed by atoms with E-state index in [2.05, 4.69) is 4.98 Å². The van der Waals surface area contributed by atoms with Gasteiger partial charge in [-0.2, -0.15) is 0 Å². The summed E-state index contributed by atoms with van der Waals surface area (Å²) in [6, 6.07) is 8.94. The van der Waals surface area contributed by atoms with E-state index in [4.69, 9.17) is 19.9 Å². The first kappa shape index (κ1) is 13.2. The topological polar surface area (TPSA) is 66.6 Å². The summed E-state index contributed by atoms with van der Waals surface area (Å²) in [4.78, 5) is 4.13. The van der Waals surface area contributed by atoms with Gasteiger partial charge in [0.2, 0.25) is 5.88 Å². The van der Waals surface area contributed by atoms with Crippen molar-refractivity contribution >= 4 is 0 Å². The predicted molar refractivity (Wildman–Crippen MR) is 71.7 cm³/mol. The Hall–Kier alpha value is -2.27. The summed E-state index contributed by atoms with van der Waals surface area (Å²) in [6.45, 7) is 0.445. The van der Waals surface area contributed by atoms with E-state index >= 15 is 0 Å². The Morgan fingerprint density at radius 2 is 1.63 bits per heavy atom. The highest BCUT2D eigenvalue weighted by atomic mass is 16.5. The maximum atomic E-state index is 5.68. The molecular weight excluding hydrogens is 244 g/mol. The van der Waals surface area contributed by atoms with Crippen LogP contribution in [-0.4, -0.2) is 19.2 Å². The molecule has 0 radical (unpaired) electrons. The molecule has 0 aliphatic carbocycles. The van der Waals surface area contributed by atoms with Crippen LogP contribution in [0, 0.1) is 0 Å². The normalized spacial score (nSPS) is 10.1. The molecule has 5 heteroatoms. The van der Waals surface area contributed by atoms with Crippen molar-refractivity contribution in [2.24, 2.45) is 5.73 Å². The molecule has 5 nitrogen and oxygen atoms in total. The molecule has 2 rings (SSSR count). The molecule has 0 spiro atoms. The third-order valence-corrected chi connectivity index (χ3v) is 2.58. The lowest BCUT2D eigenvalue weighted by Gasteiger charge is -2.09. The van der Waals surface area contributed by atoms with Crippen LogP contribution in [0.1, 0.15) is 5.56 Å². The van der Waals surface area contributed by atoms with Gasteiger partial charge in [-0.15, -0.1) is 0 Å². The van der Waals surface area contributed by atoms with Gasteiger partial charge in [0.1, 0.15) is 17.2 Å². The number of nitrogens with zero attached hydrogens (tertiary/aromatic N) is 1. The molecule has 0 aliphatic heterocycles. The smallest absolute Gasteiger partial charge is 0.219 e. The van der Waals surface area contributed by atoms with Gasteiger partial charge in [0.05, 0.1) is 14.2 Å². The molecule has 2 N–H and O–H groups in total. The number of aromatic nitrogens is 1. The number of pyridine rings is 1. The van der Waals surface area contributed by atoms with Gasteiger partial charge in [0.15, 0.2) is 0 Å². The predicted octanol–water partition coefficient (Wildman–Crippen LogP) is 2.35. The van der Waals surface area contributed by atoms with E-state index in [1.54, 1.807) is 44.7 Å². The number of methoxy groups -OCH3 is 2. The lowest BCUT2D eigenvalue weighted by molar-refractivity contribution is 0.385. The molecule has 0 saturated carbocycles. The van der Waals surface area contributed by atoms with Gasteiger partial charge in [-0.05, 0) is 11.6 Å². The van der Waals surface area contributed by atoms with Crippen molar-refractivity contribution in [2.75, 3.05) is 14.2 Å². The zero-order valence-electron chi connectivity index (χ0n) is 10.9. The minimum Gasteiger partial charge on any atom is -0.496 e. The van der Waals surface area contributed by atoms with E-state index in [1.807, 2.05) is 6.07 Å². The van der Waals surface area contributed by atoms with E-state index in [9.17, 15) is 0 Å². The molecule has 0 saturated heterocycles. The van der Waals surface area contributed by atoms with Gasteiger partial charge in [-0.3, -0.25) is 0 Å². The second-order valence-corrected chi connectivity index (χ2v) is 3.86. The van der Waals surface area contributed by atoms with Crippen molar-refractivity contribution in [2.45, 2.75) is 6.54 Å². The Morgan fingerprint density at radius 1 is 1.00 bits per heavy atom. The van der Waals surface area contributed by atoms with Crippen LogP contribution in [0.2, 0.25) is 0 Å². The summed E-state index contributed by atoms with van der Waals surface area (Å²) in [7, 11) is 3.18. The largest absolute Gasteiger partial charge is 0.496 e. The van der Waals surface area contributed by atoms with E-state index in [1.165, 1.54) is 0 Å². The Morgan fingerprint density at radius 3 is 2.21 bits per heavy atom. The first-order chi connectivity index (χ1) is 9.25. The fourth-order valence-electron chi connectivity index (χ4n) is 1.59. The first-order valence-electron chi connectivity index (χ1n) is 5.81. The van der Waals surface area contributed by atoms with Gasteiger partial charge in [0.25, 0.3) is 0 Å². The molecule has 1 aromatic carbocycles. The number of hydrogen-bond acceptors (Lipinski definition) is 5. The summed E-state index contributed by atoms with van der Waals surface area (Å²) in [5.74, 6) is 2.39. The third-order valence-electron chi connectivity index (χ3n) is 2.58. The standard InChI is InChI=1S/C14H16N2O3/c1-17-11-6-12(18-2)8-13(7-11)19-14-5-10(9-15)3-4-16-14/h3-8H,9,15H2,1-2H3. The number of ether oxygens (including phenoxy) is 3. The molecular formula is C14H16N2O3. The average molecular weight is 260 g/mol. The zero-order chi connectivity index (χ0) is 13.7. The Labute approximate surface area is 111 Å². The maximum Gasteiger partial charge on any atom is 0.219 e. The lowest BCUT2D eigenvalue weighted by atomic mass is 10.2. The van der Waals surface area contributed by atoms with Gasteiger partial charge in [-0.25, -0.2) is 4.98 Å². The van der Waals surface area contributed by atoms with Crippen LogP contribution >= 0.6 is 0 Å². The molecule has 0 atom stereocenters. The molecule has 0 amide bonds. The van der Waals surface area contributed by atoms with Crippen LogP contribution < -0.4 is 19.9 Å².